The van der Waals surface area contributed by atoms with Crippen LogP contribution in [0.5, 0.6) is 11.5 Å². The molecule has 1 atom stereocenters. The quantitative estimate of drug-likeness (QED) is 0.702. The van der Waals surface area contributed by atoms with Crippen LogP contribution in [-0.4, -0.2) is 50.3 Å². The fourth-order valence-electron chi connectivity index (χ4n) is 4.07. The van der Waals surface area contributed by atoms with Gasteiger partial charge in [0.2, 0.25) is 0 Å². The average Bonchev–Trinajstić information content (AvgIpc) is 3.29. The van der Waals surface area contributed by atoms with E-state index in [1.54, 1.807) is 0 Å². The molecule has 0 aromatic heterocycles. The number of hydrogen-bond donors (Lipinski definition) is 2. The highest BCUT2D eigenvalue weighted by molar-refractivity contribution is 6.32. The largest absolute Gasteiger partial charge is 0.486 e. The lowest BCUT2D eigenvalue weighted by molar-refractivity contribution is 0.171. The Morgan fingerprint density at radius 3 is 2.63 bits per heavy atom. The number of hydrogen-bond acceptors (Lipinski definition) is 4. The van der Waals surface area contributed by atoms with Crippen molar-refractivity contribution in [1.82, 2.24) is 15.5 Å². The number of nitrogens with zero attached hydrogens (tertiary/aromatic N) is 1. The lowest BCUT2D eigenvalue weighted by atomic mass is 10.1. The monoisotopic (exact) mass is 429 g/mol. The number of carbonyl (C=O) groups excluding carboxylic acids is 1. The van der Waals surface area contributed by atoms with Crippen LogP contribution in [0.2, 0.25) is 5.02 Å². The first-order chi connectivity index (χ1) is 14.7. The number of rotatable bonds is 7. The van der Waals surface area contributed by atoms with Gasteiger partial charge in [0.25, 0.3) is 0 Å². The summed E-state index contributed by atoms with van der Waals surface area (Å²) in [6.45, 7) is 4.29. The summed E-state index contributed by atoms with van der Waals surface area (Å²) in [5.74, 6) is 1.27. The van der Waals surface area contributed by atoms with Crippen molar-refractivity contribution in [3.05, 3.63) is 58.6 Å². The minimum Gasteiger partial charge on any atom is -0.486 e. The molecule has 2 aliphatic heterocycles. The van der Waals surface area contributed by atoms with Gasteiger partial charge >= 0.3 is 6.03 Å². The number of halogens is 1. The number of carbonyl (C=O) groups is 1. The first-order valence-electron chi connectivity index (χ1n) is 10.6. The van der Waals surface area contributed by atoms with Gasteiger partial charge in [0, 0.05) is 13.1 Å². The van der Waals surface area contributed by atoms with E-state index in [0.29, 0.717) is 49.2 Å². The molecule has 1 fully saturated rings. The molecule has 2 aliphatic rings. The standard InChI is InChI=1S/C23H28ClN3O3/c24-19-14-17(15-21-22(19)30-13-12-29-21)8-9-25-23(28)26-16-20(27-10-4-5-11-27)18-6-2-1-3-7-18/h1-3,6-7,14-15,20H,4-5,8-13,16H2,(H2,25,26,28). The van der Waals surface area contributed by atoms with Crippen LogP contribution in [-0.2, 0) is 6.42 Å². The van der Waals surface area contributed by atoms with Crippen LogP contribution >= 0.6 is 11.6 Å². The molecule has 160 valence electrons. The molecule has 2 amide bonds. The van der Waals surface area contributed by atoms with Crippen LogP contribution in [0.4, 0.5) is 4.79 Å². The summed E-state index contributed by atoms with van der Waals surface area (Å²) in [4.78, 5) is 14.8. The van der Waals surface area contributed by atoms with Gasteiger partial charge in [-0.2, -0.15) is 0 Å². The third kappa shape index (κ3) is 5.18. The Morgan fingerprint density at radius 1 is 1.07 bits per heavy atom. The van der Waals surface area contributed by atoms with E-state index < -0.39 is 0 Å². The highest BCUT2D eigenvalue weighted by Gasteiger charge is 2.23. The number of fused-ring (bicyclic) bond motifs is 1. The molecule has 2 aromatic carbocycles. The van der Waals surface area contributed by atoms with Gasteiger partial charge in [-0.3, -0.25) is 4.90 Å². The van der Waals surface area contributed by atoms with Crippen molar-refractivity contribution < 1.29 is 14.3 Å². The van der Waals surface area contributed by atoms with E-state index in [1.165, 1.54) is 18.4 Å². The zero-order valence-corrected chi connectivity index (χ0v) is 17.8. The van der Waals surface area contributed by atoms with E-state index in [4.69, 9.17) is 21.1 Å². The Hall–Kier alpha value is -2.44. The predicted octanol–water partition coefficient (Wildman–Crippen LogP) is 3.79. The van der Waals surface area contributed by atoms with Crippen LogP contribution in [0.3, 0.4) is 0 Å². The Labute approximate surface area is 182 Å². The van der Waals surface area contributed by atoms with Gasteiger partial charge in [-0.25, -0.2) is 4.79 Å². The molecule has 1 unspecified atom stereocenters. The highest BCUT2D eigenvalue weighted by atomic mass is 35.5. The summed E-state index contributed by atoms with van der Waals surface area (Å²) in [5.41, 5.74) is 2.24. The first kappa shape index (κ1) is 20.8. The molecule has 0 radical (unpaired) electrons. The Balaban J connectivity index is 1.27. The van der Waals surface area contributed by atoms with Gasteiger partial charge in [0.05, 0.1) is 11.1 Å². The van der Waals surface area contributed by atoms with Gasteiger partial charge in [0.15, 0.2) is 11.5 Å². The average molecular weight is 430 g/mol. The van der Waals surface area contributed by atoms with Crippen molar-refractivity contribution in [2.75, 3.05) is 39.4 Å². The van der Waals surface area contributed by atoms with E-state index >= 15 is 0 Å². The number of amides is 2. The van der Waals surface area contributed by atoms with Gasteiger partial charge in [0.1, 0.15) is 13.2 Å². The van der Waals surface area contributed by atoms with Gasteiger partial charge < -0.3 is 20.1 Å². The van der Waals surface area contributed by atoms with Gasteiger partial charge in [-0.05, 0) is 55.6 Å². The minimum absolute atomic E-state index is 0.154. The zero-order chi connectivity index (χ0) is 20.8. The maximum atomic E-state index is 12.4. The van der Waals surface area contributed by atoms with Crippen molar-refractivity contribution >= 4 is 17.6 Å². The Bertz CT molecular complexity index is 856. The van der Waals surface area contributed by atoms with Crippen molar-refractivity contribution in [3.8, 4) is 11.5 Å². The normalized spacial score (nSPS) is 16.8. The number of ether oxygens (including phenoxy) is 2. The van der Waals surface area contributed by atoms with Crippen molar-refractivity contribution in [1.29, 1.82) is 0 Å². The summed E-state index contributed by atoms with van der Waals surface area (Å²) in [6, 6.07) is 14.2. The number of nitrogens with one attached hydrogen (secondary N) is 2. The zero-order valence-electron chi connectivity index (χ0n) is 17.0. The molecular weight excluding hydrogens is 402 g/mol. The van der Waals surface area contributed by atoms with Gasteiger partial charge in [-0.15, -0.1) is 0 Å². The molecule has 0 bridgehead atoms. The topological polar surface area (TPSA) is 62.8 Å². The molecule has 0 aliphatic carbocycles. The second-order valence-electron chi connectivity index (χ2n) is 7.66. The SMILES string of the molecule is O=C(NCCc1cc(Cl)c2c(c1)OCCO2)NCC(c1ccccc1)N1CCCC1. The smallest absolute Gasteiger partial charge is 0.314 e. The second kappa shape index (κ2) is 10.0. The van der Waals surface area contributed by atoms with E-state index in [2.05, 4.69) is 39.8 Å². The summed E-state index contributed by atoms with van der Waals surface area (Å²) >= 11 is 6.28. The van der Waals surface area contributed by atoms with Crippen molar-refractivity contribution in [2.45, 2.75) is 25.3 Å². The third-order valence-corrected chi connectivity index (χ3v) is 5.86. The molecule has 2 N–H and O–H groups in total. The van der Waals surface area contributed by atoms with E-state index in [9.17, 15) is 4.79 Å². The fraction of sp³-hybridized carbons (Fsp3) is 0.435. The number of likely N-dealkylation sites (tertiary alicyclic amines) is 1. The number of benzene rings is 2. The Morgan fingerprint density at radius 2 is 1.83 bits per heavy atom. The molecule has 30 heavy (non-hydrogen) atoms. The maximum Gasteiger partial charge on any atom is 0.314 e. The summed E-state index contributed by atoms with van der Waals surface area (Å²) in [5, 5.41) is 6.53. The fourth-order valence-corrected chi connectivity index (χ4v) is 4.35. The molecule has 7 heteroatoms. The molecule has 6 nitrogen and oxygen atoms in total. The van der Waals surface area contributed by atoms with Crippen LogP contribution in [0, 0.1) is 0 Å². The maximum absolute atomic E-state index is 12.4. The second-order valence-corrected chi connectivity index (χ2v) is 8.07. The van der Waals surface area contributed by atoms with Crippen LogP contribution < -0.4 is 20.1 Å². The molecule has 0 spiro atoms. The lowest BCUT2D eigenvalue weighted by Crippen LogP contribution is -2.42. The van der Waals surface area contributed by atoms with E-state index in [-0.39, 0.29) is 12.1 Å². The van der Waals surface area contributed by atoms with Crippen molar-refractivity contribution in [2.24, 2.45) is 0 Å². The molecule has 2 heterocycles. The summed E-state index contributed by atoms with van der Waals surface area (Å²) in [7, 11) is 0. The molecule has 4 rings (SSSR count). The lowest BCUT2D eigenvalue weighted by Gasteiger charge is -2.28. The molecule has 2 aromatic rings. The van der Waals surface area contributed by atoms with Crippen LogP contribution in [0.15, 0.2) is 42.5 Å². The Kier molecular flexibility index (Phi) is 6.97. The van der Waals surface area contributed by atoms with E-state index in [0.717, 1.165) is 18.7 Å². The van der Waals surface area contributed by atoms with E-state index in [1.807, 2.05) is 18.2 Å². The van der Waals surface area contributed by atoms with Crippen molar-refractivity contribution in [3.63, 3.8) is 0 Å². The van der Waals surface area contributed by atoms with Gasteiger partial charge in [-0.1, -0.05) is 41.9 Å². The molecular formula is C23H28ClN3O3. The predicted molar refractivity (Wildman–Crippen MR) is 118 cm³/mol. The third-order valence-electron chi connectivity index (χ3n) is 5.58. The van der Waals surface area contributed by atoms with Crippen LogP contribution in [0.1, 0.15) is 30.0 Å². The molecule has 0 saturated carbocycles. The first-order valence-corrected chi connectivity index (χ1v) is 11.0. The van der Waals surface area contributed by atoms with Crippen LogP contribution in [0.25, 0.3) is 0 Å². The summed E-state index contributed by atoms with van der Waals surface area (Å²) in [6.07, 6.45) is 3.10. The number of urea groups is 1. The molecule has 1 saturated heterocycles. The minimum atomic E-state index is -0.154. The summed E-state index contributed by atoms with van der Waals surface area (Å²) < 4.78 is 11.2. The highest BCUT2D eigenvalue weighted by Crippen LogP contribution is 2.38.